The molecule has 0 radical (unpaired) electrons. The molecule has 0 bridgehead atoms. The maximum Gasteiger partial charge on any atom is 0.161 e. The largest absolute Gasteiger partial charge is 0.490 e. The molecule has 2 aromatic rings. The summed E-state index contributed by atoms with van der Waals surface area (Å²) in [6, 6.07) is 12.1. The normalized spacial score (nSPS) is 14.1. The highest BCUT2D eigenvalue weighted by atomic mass is 35.5. The van der Waals surface area contributed by atoms with Crippen LogP contribution in [0.25, 0.3) is 0 Å². The van der Waals surface area contributed by atoms with E-state index in [1.165, 1.54) is 0 Å². The summed E-state index contributed by atoms with van der Waals surface area (Å²) in [6.07, 6.45) is 0. The minimum Gasteiger partial charge on any atom is -0.490 e. The molecule has 0 spiro atoms. The molecule has 1 fully saturated rings. The van der Waals surface area contributed by atoms with Gasteiger partial charge in [-0.3, -0.25) is 0 Å². The summed E-state index contributed by atoms with van der Waals surface area (Å²) in [6.45, 7) is 9.08. The molecule has 1 heterocycles. The van der Waals surface area contributed by atoms with Crippen molar-refractivity contribution in [3.63, 3.8) is 0 Å². The fraction of sp³-hybridized carbons (Fsp3) is 0.429. The summed E-state index contributed by atoms with van der Waals surface area (Å²) in [4.78, 5) is 2.26. The monoisotopic (exact) mass is 390 g/mol. The third-order valence-electron chi connectivity index (χ3n) is 4.40. The lowest BCUT2D eigenvalue weighted by molar-refractivity contribution is 0.122. The number of rotatable bonds is 8. The van der Waals surface area contributed by atoms with Crippen LogP contribution in [-0.2, 0) is 11.3 Å². The van der Waals surface area contributed by atoms with Crippen LogP contribution in [0.5, 0.6) is 11.5 Å². The summed E-state index contributed by atoms with van der Waals surface area (Å²) in [5, 5.41) is 4.18. The van der Waals surface area contributed by atoms with Crippen LogP contribution in [0.3, 0.4) is 0 Å². The number of morpholine rings is 1. The fourth-order valence-electron chi connectivity index (χ4n) is 3.09. The van der Waals surface area contributed by atoms with Gasteiger partial charge in [-0.15, -0.1) is 0 Å². The van der Waals surface area contributed by atoms with E-state index in [1.54, 1.807) is 0 Å². The van der Waals surface area contributed by atoms with Crippen molar-refractivity contribution in [1.82, 2.24) is 0 Å². The van der Waals surface area contributed by atoms with Crippen LogP contribution in [0.2, 0.25) is 5.02 Å². The van der Waals surface area contributed by atoms with E-state index < -0.39 is 0 Å². The van der Waals surface area contributed by atoms with Crippen LogP contribution in [-0.4, -0.2) is 39.5 Å². The molecule has 146 valence electrons. The lowest BCUT2D eigenvalue weighted by Crippen LogP contribution is -2.36. The van der Waals surface area contributed by atoms with Gasteiger partial charge in [-0.05, 0) is 49.7 Å². The number of nitrogens with zero attached hydrogens (tertiary/aromatic N) is 1. The van der Waals surface area contributed by atoms with Gasteiger partial charge in [0.2, 0.25) is 0 Å². The van der Waals surface area contributed by atoms with Crippen LogP contribution in [0.15, 0.2) is 36.4 Å². The van der Waals surface area contributed by atoms with E-state index in [9.17, 15) is 0 Å². The Morgan fingerprint density at radius 1 is 1.00 bits per heavy atom. The van der Waals surface area contributed by atoms with E-state index in [4.69, 9.17) is 25.8 Å². The zero-order valence-electron chi connectivity index (χ0n) is 16.0. The molecule has 2 aromatic carbocycles. The van der Waals surface area contributed by atoms with Crippen LogP contribution in [0.4, 0.5) is 11.4 Å². The van der Waals surface area contributed by atoms with E-state index in [2.05, 4.69) is 22.3 Å². The third kappa shape index (κ3) is 5.21. The number of halogens is 1. The summed E-state index contributed by atoms with van der Waals surface area (Å²) in [5.41, 5.74) is 3.17. The molecular weight excluding hydrogens is 364 g/mol. The van der Waals surface area contributed by atoms with Crippen molar-refractivity contribution in [3.8, 4) is 11.5 Å². The molecule has 3 rings (SSSR count). The zero-order valence-corrected chi connectivity index (χ0v) is 16.7. The number of hydrogen-bond donors (Lipinski definition) is 1. The molecule has 0 saturated carbocycles. The van der Waals surface area contributed by atoms with Gasteiger partial charge in [0, 0.05) is 25.3 Å². The van der Waals surface area contributed by atoms with Crippen LogP contribution < -0.4 is 19.7 Å². The van der Waals surface area contributed by atoms with Crippen LogP contribution in [0.1, 0.15) is 19.4 Å². The Balaban J connectivity index is 1.65. The van der Waals surface area contributed by atoms with Crippen molar-refractivity contribution < 1.29 is 14.2 Å². The van der Waals surface area contributed by atoms with Gasteiger partial charge < -0.3 is 24.4 Å². The smallest absolute Gasteiger partial charge is 0.161 e. The molecule has 0 aromatic heterocycles. The highest BCUT2D eigenvalue weighted by Crippen LogP contribution is 2.31. The molecule has 0 atom stereocenters. The molecule has 0 aliphatic carbocycles. The lowest BCUT2D eigenvalue weighted by atomic mass is 10.2. The van der Waals surface area contributed by atoms with Crippen LogP contribution >= 0.6 is 11.6 Å². The van der Waals surface area contributed by atoms with Gasteiger partial charge in [-0.1, -0.05) is 17.7 Å². The molecule has 5 nitrogen and oxygen atoms in total. The van der Waals surface area contributed by atoms with E-state index in [0.29, 0.717) is 19.8 Å². The molecule has 0 unspecified atom stereocenters. The van der Waals surface area contributed by atoms with E-state index in [0.717, 1.165) is 59.8 Å². The molecule has 6 heteroatoms. The first-order chi connectivity index (χ1) is 13.2. The van der Waals surface area contributed by atoms with Crippen molar-refractivity contribution >= 4 is 23.0 Å². The van der Waals surface area contributed by atoms with Gasteiger partial charge in [0.25, 0.3) is 0 Å². The Morgan fingerprint density at radius 2 is 1.74 bits per heavy atom. The second-order valence-electron chi connectivity index (χ2n) is 6.27. The van der Waals surface area contributed by atoms with E-state index in [-0.39, 0.29) is 0 Å². The maximum absolute atomic E-state index is 6.51. The highest BCUT2D eigenvalue weighted by Gasteiger charge is 2.14. The van der Waals surface area contributed by atoms with Gasteiger partial charge >= 0.3 is 0 Å². The molecular formula is C21H27ClN2O3. The van der Waals surface area contributed by atoms with Gasteiger partial charge in [0.1, 0.15) is 0 Å². The molecule has 1 N–H and O–H groups in total. The minimum atomic E-state index is 0.607. The first kappa shape index (κ1) is 19.6. The third-order valence-corrected chi connectivity index (χ3v) is 4.71. The quantitative estimate of drug-likeness (QED) is 0.714. The zero-order chi connectivity index (χ0) is 19.1. The molecule has 1 aliphatic heterocycles. The predicted molar refractivity (Wildman–Crippen MR) is 111 cm³/mol. The second kappa shape index (κ2) is 9.72. The van der Waals surface area contributed by atoms with Crippen molar-refractivity contribution in [2.75, 3.05) is 49.7 Å². The first-order valence-corrected chi connectivity index (χ1v) is 9.83. The second-order valence-corrected chi connectivity index (χ2v) is 6.67. The Hall–Kier alpha value is -2.11. The first-order valence-electron chi connectivity index (χ1n) is 9.46. The standard InChI is InChI=1S/C21H27ClN2O3/c1-3-26-20-8-5-16(13-21(20)27-4-2)15-23-17-6-7-19(18(22)14-17)24-9-11-25-12-10-24/h5-8,13-14,23H,3-4,9-12,15H2,1-2H3. The number of anilines is 2. The lowest BCUT2D eigenvalue weighted by Gasteiger charge is -2.29. The van der Waals surface area contributed by atoms with E-state index >= 15 is 0 Å². The Kier molecular flexibility index (Phi) is 7.07. The average molecular weight is 391 g/mol. The van der Waals surface area contributed by atoms with E-state index in [1.807, 2.05) is 38.1 Å². The molecule has 27 heavy (non-hydrogen) atoms. The Bertz CT molecular complexity index is 748. The summed E-state index contributed by atoms with van der Waals surface area (Å²) in [5.74, 6) is 1.56. The molecule has 0 amide bonds. The summed E-state index contributed by atoms with van der Waals surface area (Å²) < 4.78 is 16.7. The maximum atomic E-state index is 6.51. The number of nitrogens with one attached hydrogen (secondary N) is 1. The van der Waals surface area contributed by atoms with Gasteiger partial charge in [-0.2, -0.15) is 0 Å². The van der Waals surface area contributed by atoms with Crippen molar-refractivity contribution in [2.45, 2.75) is 20.4 Å². The predicted octanol–water partition coefficient (Wildman–Crippen LogP) is 4.59. The number of ether oxygens (including phenoxy) is 3. The SMILES string of the molecule is CCOc1ccc(CNc2ccc(N3CCOCC3)c(Cl)c2)cc1OCC. The number of hydrogen-bond acceptors (Lipinski definition) is 5. The fourth-order valence-corrected chi connectivity index (χ4v) is 3.39. The van der Waals surface area contributed by atoms with Crippen molar-refractivity contribution in [3.05, 3.63) is 47.0 Å². The Morgan fingerprint density at radius 3 is 2.44 bits per heavy atom. The Labute approximate surface area is 166 Å². The number of benzene rings is 2. The van der Waals surface area contributed by atoms with Crippen molar-refractivity contribution in [1.29, 1.82) is 0 Å². The summed E-state index contributed by atoms with van der Waals surface area (Å²) >= 11 is 6.51. The topological polar surface area (TPSA) is 43.0 Å². The average Bonchev–Trinajstić information content (AvgIpc) is 2.69. The minimum absolute atomic E-state index is 0.607. The van der Waals surface area contributed by atoms with Gasteiger partial charge in [0.15, 0.2) is 11.5 Å². The molecule has 1 saturated heterocycles. The van der Waals surface area contributed by atoms with Gasteiger partial charge in [-0.25, -0.2) is 0 Å². The highest BCUT2D eigenvalue weighted by molar-refractivity contribution is 6.33. The molecule has 1 aliphatic rings. The van der Waals surface area contributed by atoms with Gasteiger partial charge in [0.05, 0.1) is 37.1 Å². The summed E-state index contributed by atoms with van der Waals surface area (Å²) in [7, 11) is 0. The van der Waals surface area contributed by atoms with Crippen LogP contribution in [0, 0.1) is 0 Å². The van der Waals surface area contributed by atoms with Crippen molar-refractivity contribution in [2.24, 2.45) is 0 Å².